The molecule has 0 radical (unpaired) electrons. The molecule has 0 aliphatic heterocycles. The Bertz CT molecular complexity index is 5340. The molecule has 17 rings (SSSR count). The molecule has 0 saturated heterocycles. The molecule has 0 aliphatic rings. The van der Waals surface area contributed by atoms with Crippen LogP contribution >= 0.6 is 11.3 Å². The fraction of sp³-hybridized carbons (Fsp3) is 0. The van der Waals surface area contributed by atoms with Gasteiger partial charge in [-0.1, -0.05) is 194 Å². The Morgan fingerprint density at radius 2 is 0.720 bits per heavy atom. The van der Waals surface area contributed by atoms with Gasteiger partial charge in [0.2, 0.25) is 0 Å². The second kappa shape index (κ2) is 18.5. The minimum Gasteiger partial charge on any atom is -0.456 e. The fourth-order valence-electron chi connectivity index (χ4n) is 13.0. The molecule has 82 heavy (non-hydrogen) atoms. The van der Waals surface area contributed by atoms with Gasteiger partial charge in [0.1, 0.15) is 11.2 Å². The van der Waals surface area contributed by atoms with Gasteiger partial charge in [0.25, 0.3) is 0 Å². The van der Waals surface area contributed by atoms with Gasteiger partial charge in [-0.15, -0.1) is 11.3 Å². The molecule has 3 heterocycles. The first-order valence-corrected chi connectivity index (χ1v) is 28.9. The summed E-state index contributed by atoms with van der Waals surface area (Å²) in [6.07, 6.45) is 0. The molecule has 17 aromatic rings. The van der Waals surface area contributed by atoms with Gasteiger partial charge in [0, 0.05) is 64.5 Å². The van der Waals surface area contributed by atoms with Crippen LogP contribution in [0.1, 0.15) is 0 Å². The van der Waals surface area contributed by atoms with Gasteiger partial charge in [0.05, 0.1) is 11.0 Å². The molecule has 0 saturated carbocycles. The SMILES string of the molecule is c1ccc(N(c2ccc(-c3ccc4c(c3)c3cc(-c5ccc(-c6ccc7oc8ccccc8c7c6)cc5)ccc3n4-c3ccc4c5ccccc5c5ccccc5c4c3)cc2)c2ccc(-c3cccc4c3sc3ccccc34)cc2)cc1. The number of para-hydroxylation sites is 2. The van der Waals surface area contributed by atoms with Crippen LogP contribution in [0.15, 0.2) is 296 Å². The maximum Gasteiger partial charge on any atom is 0.135 e. The molecule has 0 fully saturated rings. The van der Waals surface area contributed by atoms with Crippen molar-refractivity contribution in [3.8, 4) is 50.2 Å². The lowest BCUT2D eigenvalue weighted by molar-refractivity contribution is 0.669. The number of thiophene rings is 1. The Balaban J connectivity index is 0.770. The zero-order chi connectivity index (χ0) is 53.8. The molecule has 0 atom stereocenters. The molecule has 0 spiro atoms. The molecule has 0 N–H and O–H groups in total. The van der Waals surface area contributed by atoms with Crippen molar-refractivity contribution in [3.05, 3.63) is 291 Å². The summed E-state index contributed by atoms with van der Waals surface area (Å²) in [6, 6.07) is 107. The highest BCUT2D eigenvalue weighted by Gasteiger charge is 2.19. The second-order valence-corrected chi connectivity index (χ2v) is 22.6. The zero-order valence-electron chi connectivity index (χ0n) is 44.4. The maximum absolute atomic E-state index is 6.17. The van der Waals surface area contributed by atoms with E-state index in [9.17, 15) is 0 Å². The molecule has 0 bridgehead atoms. The van der Waals surface area contributed by atoms with Crippen molar-refractivity contribution in [3.63, 3.8) is 0 Å². The number of nitrogens with zero attached hydrogens (tertiary/aromatic N) is 2. The van der Waals surface area contributed by atoms with E-state index in [1.54, 1.807) is 0 Å². The van der Waals surface area contributed by atoms with Gasteiger partial charge < -0.3 is 13.9 Å². The van der Waals surface area contributed by atoms with Gasteiger partial charge in [-0.05, 0) is 174 Å². The molecule has 382 valence electrons. The van der Waals surface area contributed by atoms with Crippen molar-refractivity contribution in [2.45, 2.75) is 0 Å². The fourth-order valence-corrected chi connectivity index (χ4v) is 14.3. The molecule has 3 nitrogen and oxygen atoms in total. The highest BCUT2D eigenvalue weighted by Crippen LogP contribution is 2.44. The van der Waals surface area contributed by atoms with Gasteiger partial charge in [0.15, 0.2) is 0 Å². The highest BCUT2D eigenvalue weighted by molar-refractivity contribution is 7.26. The predicted molar refractivity (Wildman–Crippen MR) is 350 cm³/mol. The predicted octanol–water partition coefficient (Wildman–Crippen LogP) is 22.6. The molecule has 0 unspecified atom stereocenters. The average Bonchev–Trinajstić information content (AvgIpc) is 4.40. The molecule has 4 heteroatoms. The average molecular weight is 1060 g/mol. The lowest BCUT2D eigenvalue weighted by Crippen LogP contribution is -2.09. The minimum absolute atomic E-state index is 0.907. The summed E-state index contributed by atoms with van der Waals surface area (Å²) in [4.78, 5) is 2.36. The van der Waals surface area contributed by atoms with Crippen LogP contribution in [0, 0.1) is 0 Å². The van der Waals surface area contributed by atoms with E-state index in [2.05, 4.69) is 289 Å². The molecule has 0 aliphatic carbocycles. The maximum atomic E-state index is 6.17. The Labute approximate surface area is 477 Å². The van der Waals surface area contributed by atoms with Crippen molar-refractivity contribution in [2.75, 3.05) is 4.90 Å². The normalized spacial score (nSPS) is 11.9. The Morgan fingerprint density at radius 1 is 0.268 bits per heavy atom. The number of benzene rings is 14. The molecule has 3 aromatic heterocycles. The first-order valence-electron chi connectivity index (χ1n) is 28.0. The van der Waals surface area contributed by atoms with Crippen molar-refractivity contribution in [1.29, 1.82) is 0 Å². The van der Waals surface area contributed by atoms with E-state index in [0.29, 0.717) is 0 Å². The number of anilines is 3. The lowest BCUT2D eigenvalue weighted by atomic mass is 9.94. The van der Waals surface area contributed by atoms with Crippen molar-refractivity contribution < 1.29 is 4.42 Å². The number of furan rings is 1. The molecular weight excluding hydrogens is 1010 g/mol. The highest BCUT2D eigenvalue weighted by atomic mass is 32.1. The van der Waals surface area contributed by atoms with Crippen LogP contribution in [0.2, 0.25) is 0 Å². The summed E-state index contributed by atoms with van der Waals surface area (Å²) in [5.74, 6) is 0. The van der Waals surface area contributed by atoms with Crippen LogP contribution in [0.5, 0.6) is 0 Å². The van der Waals surface area contributed by atoms with Crippen LogP contribution in [-0.4, -0.2) is 4.57 Å². The zero-order valence-corrected chi connectivity index (χ0v) is 45.2. The monoisotopic (exact) mass is 1060 g/mol. The van der Waals surface area contributed by atoms with E-state index in [-0.39, 0.29) is 0 Å². The molecule has 14 aromatic carbocycles. The summed E-state index contributed by atoms with van der Waals surface area (Å²) in [6.45, 7) is 0. The number of hydrogen-bond acceptors (Lipinski definition) is 3. The molecular formula is C78H48N2OS. The summed E-state index contributed by atoms with van der Waals surface area (Å²) in [5.41, 5.74) is 18.1. The summed E-state index contributed by atoms with van der Waals surface area (Å²) < 4.78 is 11.3. The third-order valence-corrected chi connectivity index (χ3v) is 18.2. The topological polar surface area (TPSA) is 21.3 Å². The third-order valence-electron chi connectivity index (χ3n) is 17.0. The summed E-state index contributed by atoms with van der Waals surface area (Å²) >= 11 is 1.87. The second-order valence-electron chi connectivity index (χ2n) is 21.6. The quantitative estimate of drug-likeness (QED) is 0.141. The van der Waals surface area contributed by atoms with Crippen LogP contribution in [0.4, 0.5) is 17.1 Å². The van der Waals surface area contributed by atoms with E-state index < -0.39 is 0 Å². The molecule has 0 amide bonds. The number of rotatable bonds is 8. The Morgan fingerprint density at radius 3 is 1.35 bits per heavy atom. The van der Waals surface area contributed by atoms with Crippen molar-refractivity contribution in [2.24, 2.45) is 0 Å². The third kappa shape index (κ3) is 7.43. The van der Waals surface area contributed by atoms with E-state index in [1.807, 2.05) is 23.5 Å². The van der Waals surface area contributed by atoms with Crippen LogP contribution < -0.4 is 4.90 Å². The van der Waals surface area contributed by atoms with Gasteiger partial charge >= 0.3 is 0 Å². The number of aromatic nitrogens is 1. The number of hydrogen-bond donors (Lipinski definition) is 0. The van der Waals surface area contributed by atoms with E-state index in [1.165, 1.54) is 96.6 Å². The van der Waals surface area contributed by atoms with Crippen LogP contribution in [0.25, 0.3) is 146 Å². The Hall–Kier alpha value is -10.5. The Kier molecular flexibility index (Phi) is 10.5. The first kappa shape index (κ1) is 46.4. The smallest absolute Gasteiger partial charge is 0.135 e. The van der Waals surface area contributed by atoms with Gasteiger partial charge in [-0.2, -0.15) is 0 Å². The van der Waals surface area contributed by atoms with Gasteiger partial charge in [-0.3, -0.25) is 0 Å². The standard InChI is InChI=1S/C78H48N2OS/c1-2-13-56(14-3-1)79(58-38-31-52(32-39-58)60-21-12-22-68-67-20-9-11-24-77(67)82-78(60)68)57-36-29-51(30-37-57)54-34-43-74-71(46-54)70-45-53(49-25-27-50(28-26-49)55-35-44-76-72(47-55)66-19-8-10-23-75(66)81-76)33-42-73(70)80(74)59-40-41-65-63-17-5-4-15-61(63)62-16-6-7-18-64(62)69(65)48-59/h1-48H. The largest absolute Gasteiger partial charge is 0.456 e. The minimum atomic E-state index is 0.907. The van der Waals surface area contributed by atoms with Crippen LogP contribution in [-0.2, 0) is 0 Å². The first-order chi connectivity index (χ1) is 40.6. The van der Waals surface area contributed by atoms with E-state index in [4.69, 9.17) is 4.42 Å². The van der Waals surface area contributed by atoms with Crippen molar-refractivity contribution >= 4 is 125 Å². The van der Waals surface area contributed by atoms with E-state index >= 15 is 0 Å². The lowest BCUT2D eigenvalue weighted by Gasteiger charge is -2.26. The number of fused-ring (bicyclic) bond motifs is 15. The van der Waals surface area contributed by atoms with Crippen molar-refractivity contribution in [1.82, 2.24) is 4.57 Å². The van der Waals surface area contributed by atoms with Gasteiger partial charge in [-0.25, -0.2) is 0 Å². The van der Waals surface area contributed by atoms with Crippen LogP contribution in [0.3, 0.4) is 0 Å². The summed E-state index contributed by atoms with van der Waals surface area (Å²) in [7, 11) is 0. The van der Waals surface area contributed by atoms with E-state index in [0.717, 1.165) is 66.8 Å². The summed E-state index contributed by atoms with van der Waals surface area (Å²) in [5, 5.41) is 14.9.